The van der Waals surface area contributed by atoms with Gasteiger partial charge in [0.15, 0.2) is 0 Å². The number of ether oxygens (including phenoxy) is 1. The third kappa shape index (κ3) is 2.64. The lowest BCUT2D eigenvalue weighted by Gasteiger charge is -2.31. The van der Waals surface area contributed by atoms with Crippen LogP contribution in [0.4, 0.5) is 0 Å². The minimum atomic E-state index is -0.432. The van der Waals surface area contributed by atoms with Gasteiger partial charge in [-0.25, -0.2) is 0 Å². The highest BCUT2D eigenvalue weighted by Crippen LogP contribution is 2.33. The Morgan fingerprint density at radius 1 is 1.59 bits per heavy atom. The van der Waals surface area contributed by atoms with Crippen LogP contribution in [-0.2, 0) is 16.6 Å². The van der Waals surface area contributed by atoms with Crippen LogP contribution in [-0.4, -0.2) is 66.5 Å². The third-order valence-corrected chi connectivity index (χ3v) is 4.92. The molecule has 3 atom stereocenters. The molecule has 0 spiro atoms. The largest absolute Gasteiger partial charge is 0.384 e. The molecule has 2 aliphatic heterocycles. The number of carbonyl (C=O) groups is 1. The van der Waals surface area contributed by atoms with Crippen LogP contribution in [0.2, 0.25) is 0 Å². The molecule has 7 heteroatoms. The number of methoxy groups -OCH3 is 1. The van der Waals surface area contributed by atoms with Gasteiger partial charge in [0.25, 0.3) is 0 Å². The summed E-state index contributed by atoms with van der Waals surface area (Å²) in [7, 11) is 3.55. The Morgan fingerprint density at radius 2 is 2.41 bits per heavy atom. The predicted molar refractivity (Wildman–Crippen MR) is 82.3 cm³/mol. The lowest BCUT2D eigenvalue weighted by atomic mass is 9.86. The molecule has 1 amide bonds. The molecule has 1 aromatic heterocycles. The molecule has 1 unspecified atom stereocenters. The number of nitrogens with one attached hydrogen (secondary N) is 1. The Hall–Kier alpha value is -1.44. The molecule has 3 heterocycles. The van der Waals surface area contributed by atoms with Gasteiger partial charge in [-0.05, 0) is 18.5 Å². The van der Waals surface area contributed by atoms with Crippen molar-refractivity contribution in [2.24, 2.45) is 18.2 Å². The zero-order valence-corrected chi connectivity index (χ0v) is 13.3. The van der Waals surface area contributed by atoms with Gasteiger partial charge in [0.05, 0.1) is 18.2 Å². The Labute approximate surface area is 130 Å². The molecule has 0 bridgehead atoms. The molecular weight excluding hydrogens is 282 g/mol. The van der Waals surface area contributed by atoms with Crippen LogP contribution in [0.1, 0.15) is 17.9 Å². The van der Waals surface area contributed by atoms with Crippen LogP contribution < -0.4 is 11.1 Å². The van der Waals surface area contributed by atoms with Crippen molar-refractivity contribution >= 4 is 5.91 Å². The second kappa shape index (κ2) is 5.98. The van der Waals surface area contributed by atoms with Gasteiger partial charge in [0.2, 0.25) is 5.91 Å². The van der Waals surface area contributed by atoms with Crippen molar-refractivity contribution in [2.75, 3.05) is 39.9 Å². The fourth-order valence-electron chi connectivity index (χ4n) is 3.70. The van der Waals surface area contributed by atoms with Crippen molar-refractivity contribution in [1.29, 1.82) is 0 Å². The molecule has 1 aromatic rings. The number of amides is 1. The van der Waals surface area contributed by atoms with Crippen molar-refractivity contribution in [3.05, 3.63) is 18.0 Å². The molecule has 7 nitrogen and oxygen atoms in total. The first-order valence-electron chi connectivity index (χ1n) is 7.79. The summed E-state index contributed by atoms with van der Waals surface area (Å²) in [6.07, 6.45) is 4.66. The smallest absolute Gasteiger partial charge is 0.232 e. The first kappa shape index (κ1) is 15.5. The van der Waals surface area contributed by atoms with Crippen molar-refractivity contribution in [3.8, 4) is 0 Å². The summed E-state index contributed by atoms with van der Waals surface area (Å²) in [5, 5.41) is 7.50. The highest BCUT2D eigenvalue weighted by Gasteiger charge is 2.46. The number of aromatic nitrogens is 2. The maximum Gasteiger partial charge on any atom is 0.232 e. The van der Waals surface area contributed by atoms with Crippen LogP contribution in [0, 0.1) is 5.41 Å². The Kier molecular flexibility index (Phi) is 4.20. The van der Waals surface area contributed by atoms with E-state index in [0.29, 0.717) is 26.2 Å². The number of carbonyl (C=O) groups excluding carboxylic acids is 1. The van der Waals surface area contributed by atoms with Gasteiger partial charge >= 0.3 is 0 Å². The summed E-state index contributed by atoms with van der Waals surface area (Å²) in [6, 6.07) is -0.0397. The number of nitrogens with zero attached hydrogens (tertiary/aromatic N) is 3. The normalized spacial score (nSPS) is 31.9. The van der Waals surface area contributed by atoms with Crippen molar-refractivity contribution < 1.29 is 9.53 Å². The molecule has 2 saturated heterocycles. The molecule has 0 saturated carbocycles. The number of hydrogen-bond acceptors (Lipinski definition) is 5. The number of nitrogens with two attached hydrogens (primary N) is 1. The molecule has 122 valence electrons. The van der Waals surface area contributed by atoms with Gasteiger partial charge < -0.3 is 20.7 Å². The fraction of sp³-hybridized carbons (Fsp3) is 0.733. The standard InChI is InChI=1S/C15H25N5O2/c1-19-6-11(5-18-19)12-7-20(8-13(12)16)14(21)15(10-22-2)3-4-17-9-15/h5-6,12-13,17H,3-4,7-10,16H2,1-2H3/t12-,13+,15?/m0/s1. The van der Waals surface area contributed by atoms with Gasteiger partial charge in [0, 0.05) is 51.9 Å². The third-order valence-electron chi connectivity index (χ3n) is 4.92. The molecule has 3 rings (SSSR count). The summed E-state index contributed by atoms with van der Waals surface area (Å²) in [4.78, 5) is 14.9. The molecule has 22 heavy (non-hydrogen) atoms. The van der Waals surface area contributed by atoms with E-state index in [2.05, 4.69) is 10.4 Å². The Balaban J connectivity index is 1.74. The van der Waals surface area contributed by atoms with Crippen molar-refractivity contribution in [1.82, 2.24) is 20.0 Å². The van der Waals surface area contributed by atoms with E-state index in [0.717, 1.165) is 18.5 Å². The van der Waals surface area contributed by atoms with Crippen molar-refractivity contribution in [3.63, 3.8) is 0 Å². The van der Waals surface area contributed by atoms with Crippen molar-refractivity contribution in [2.45, 2.75) is 18.4 Å². The average Bonchev–Trinajstić information content (AvgIpc) is 3.19. The summed E-state index contributed by atoms with van der Waals surface area (Å²) >= 11 is 0. The van der Waals surface area contributed by atoms with E-state index in [-0.39, 0.29) is 17.9 Å². The van der Waals surface area contributed by atoms with Crippen LogP contribution >= 0.6 is 0 Å². The number of likely N-dealkylation sites (tertiary alicyclic amines) is 1. The van der Waals surface area contributed by atoms with E-state index >= 15 is 0 Å². The van der Waals surface area contributed by atoms with Crippen LogP contribution in [0.25, 0.3) is 0 Å². The summed E-state index contributed by atoms with van der Waals surface area (Å²) in [5.41, 5.74) is 6.96. The lowest BCUT2D eigenvalue weighted by Crippen LogP contribution is -2.47. The first-order chi connectivity index (χ1) is 10.6. The van der Waals surface area contributed by atoms with E-state index in [1.54, 1.807) is 11.8 Å². The molecule has 2 aliphatic rings. The highest BCUT2D eigenvalue weighted by molar-refractivity contribution is 5.84. The minimum Gasteiger partial charge on any atom is -0.384 e. The summed E-state index contributed by atoms with van der Waals surface area (Å²) < 4.78 is 7.10. The molecule has 0 aliphatic carbocycles. The van der Waals surface area contributed by atoms with E-state index < -0.39 is 5.41 Å². The number of hydrogen-bond donors (Lipinski definition) is 2. The molecule has 0 aromatic carbocycles. The van der Waals surface area contributed by atoms with Crippen LogP contribution in [0.15, 0.2) is 12.4 Å². The average molecular weight is 307 g/mol. The maximum absolute atomic E-state index is 13.0. The van der Waals surface area contributed by atoms with Gasteiger partial charge in [-0.2, -0.15) is 5.10 Å². The number of aryl methyl sites for hydroxylation is 1. The minimum absolute atomic E-state index is 0.0397. The summed E-state index contributed by atoms with van der Waals surface area (Å²) in [6.45, 7) is 3.27. The quantitative estimate of drug-likeness (QED) is 0.768. The zero-order chi connectivity index (χ0) is 15.7. The second-order valence-corrected chi connectivity index (χ2v) is 6.57. The Morgan fingerprint density at radius 3 is 3.00 bits per heavy atom. The fourth-order valence-corrected chi connectivity index (χ4v) is 3.70. The lowest BCUT2D eigenvalue weighted by molar-refractivity contribution is -0.143. The second-order valence-electron chi connectivity index (χ2n) is 6.57. The number of rotatable bonds is 4. The van der Waals surface area contributed by atoms with Gasteiger partial charge in [-0.3, -0.25) is 9.48 Å². The van der Waals surface area contributed by atoms with Crippen LogP contribution in [0.3, 0.4) is 0 Å². The molecular formula is C15H25N5O2. The summed E-state index contributed by atoms with van der Waals surface area (Å²) in [5.74, 6) is 0.327. The molecule has 0 radical (unpaired) electrons. The SMILES string of the molecule is COCC1(C(=O)N2C[C@@H](N)[C@H](c3cnn(C)c3)C2)CCNC1. The monoisotopic (exact) mass is 307 g/mol. The van der Waals surface area contributed by atoms with E-state index in [4.69, 9.17) is 10.5 Å². The highest BCUT2D eigenvalue weighted by atomic mass is 16.5. The Bertz CT molecular complexity index is 538. The van der Waals surface area contributed by atoms with E-state index in [1.807, 2.05) is 24.3 Å². The van der Waals surface area contributed by atoms with Gasteiger partial charge in [0.1, 0.15) is 0 Å². The zero-order valence-electron chi connectivity index (χ0n) is 13.3. The first-order valence-corrected chi connectivity index (χ1v) is 7.79. The molecule has 3 N–H and O–H groups in total. The van der Waals surface area contributed by atoms with Gasteiger partial charge in [-0.15, -0.1) is 0 Å². The predicted octanol–water partition coefficient (Wildman–Crippen LogP) is -0.701. The van der Waals surface area contributed by atoms with Gasteiger partial charge in [-0.1, -0.05) is 0 Å². The van der Waals surface area contributed by atoms with E-state index in [1.165, 1.54) is 0 Å². The maximum atomic E-state index is 13.0. The van der Waals surface area contributed by atoms with E-state index in [9.17, 15) is 4.79 Å². The van der Waals surface area contributed by atoms with Crippen LogP contribution in [0.5, 0.6) is 0 Å². The topological polar surface area (TPSA) is 85.4 Å². The molecule has 2 fully saturated rings.